The molecule has 1 fully saturated rings. The van der Waals surface area contributed by atoms with Gasteiger partial charge in [0.25, 0.3) is 0 Å². The van der Waals surface area contributed by atoms with Gasteiger partial charge in [0.1, 0.15) is 5.54 Å². The number of carbonyl (C=O) groups excluding carboxylic acids is 2. The Bertz CT molecular complexity index is 856. The minimum atomic E-state index is -0.593. The van der Waals surface area contributed by atoms with Crippen LogP contribution in [-0.2, 0) is 21.5 Å². The first-order valence-corrected chi connectivity index (χ1v) is 10.5. The molecule has 0 atom stereocenters. The molecule has 2 N–H and O–H groups in total. The Morgan fingerprint density at radius 3 is 2.38 bits per heavy atom. The first-order valence-electron chi connectivity index (χ1n) is 9.74. The number of hydrogen-bond donors (Lipinski definition) is 2. The van der Waals surface area contributed by atoms with Crippen molar-refractivity contribution in [2.75, 3.05) is 5.32 Å². The zero-order chi connectivity index (χ0) is 20.9. The molecular formula is C20H24Cl2N4O3. The van der Waals surface area contributed by atoms with E-state index in [4.69, 9.17) is 27.7 Å². The maximum Gasteiger partial charge on any atom is 0.227 e. The van der Waals surface area contributed by atoms with Crippen LogP contribution in [0.2, 0.25) is 10.0 Å². The van der Waals surface area contributed by atoms with E-state index in [1.807, 2.05) is 0 Å². The van der Waals surface area contributed by atoms with E-state index in [0.717, 1.165) is 38.5 Å². The lowest BCUT2D eigenvalue weighted by molar-refractivity contribution is -0.121. The monoisotopic (exact) mass is 438 g/mol. The molecule has 2 aromatic rings. The molecule has 7 nitrogen and oxygen atoms in total. The Labute approximate surface area is 179 Å². The zero-order valence-corrected chi connectivity index (χ0v) is 17.8. The smallest absolute Gasteiger partial charge is 0.227 e. The minimum absolute atomic E-state index is 0.113. The molecule has 29 heavy (non-hydrogen) atoms. The number of aryl methyl sites for hydroxylation is 1. The van der Waals surface area contributed by atoms with Crippen LogP contribution >= 0.6 is 23.2 Å². The fraction of sp³-hybridized carbons (Fsp3) is 0.500. The molecule has 1 aromatic heterocycles. The summed E-state index contributed by atoms with van der Waals surface area (Å²) in [5.74, 6) is 0.534. The van der Waals surface area contributed by atoms with Crippen molar-refractivity contribution < 1.29 is 14.1 Å². The van der Waals surface area contributed by atoms with E-state index < -0.39 is 5.54 Å². The van der Waals surface area contributed by atoms with Gasteiger partial charge in [-0.15, -0.1) is 0 Å². The number of rotatable bonds is 6. The van der Waals surface area contributed by atoms with Crippen LogP contribution in [-0.4, -0.2) is 22.0 Å². The molecule has 0 bridgehead atoms. The lowest BCUT2D eigenvalue weighted by Crippen LogP contribution is -2.45. The van der Waals surface area contributed by atoms with Crippen molar-refractivity contribution >= 4 is 40.7 Å². The van der Waals surface area contributed by atoms with E-state index in [1.165, 1.54) is 6.92 Å². The van der Waals surface area contributed by atoms with Gasteiger partial charge in [0.15, 0.2) is 5.82 Å². The highest BCUT2D eigenvalue weighted by atomic mass is 35.5. The second-order valence-electron chi connectivity index (χ2n) is 7.40. The van der Waals surface area contributed by atoms with Crippen LogP contribution in [0, 0.1) is 0 Å². The van der Waals surface area contributed by atoms with E-state index in [2.05, 4.69) is 20.8 Å². The average Bonchev–Trinajstić information content (AvgIpc) is 2.99. The van der Waals surface area contributed by atoms with Gasteiger partial charge >= 0.3 is 0 Å². The van der Waals surface area contributed by atoms with Gasteiger partial charge in [-0.2, -0.15) is 4.98 Å². The summed E-state index contributed by atoms with van der Waals surface area (Å²) in [6.45, 7) is 1.50. The lowest BCUT2D eigenvalue weighted by Gasteiger charge is -2.30. The molecule has 0 saturated heterocycles. The Morgan fingerprint density at radius 1 is 1.10 bits per heavy atom. The van der Waals surface area contributed by atoms with Gasteiger partial charge in [0.05, 0.1) is 0 Å². The predicted molar refractivity (Wildman–Crippen MR) is 111 cm³/mol. The molecule has 3 rings (SSSR count). The van der Waals surface area contributed by atoms with Gasteiger partial charge in [-0.3, -0.25) is 9.59 Å². The third kappa shape index (κ3) is 5.93. The van der Waals surface area contributed by atoms with Crippen LogP contribution in [0.25, 0.3) is 0 Å². The molecule has 1 aliphatic rings. The van der Waals surface area contributed by atoms with Gasteiger partial charge in [0.2, 0.25) is 17.7 Å². The number of benzene rings is 1. The molecule has 9 heteroatoms. The maximum atomic E-state index is 12.2. The fourth-order valence-corrected chi connectivity index (χ4v) is 4.22. The minimum Gasteiger partial charge on any atom is -0.343 e. The molecular weight excluding hydrogens is 415 g/mol. The van der Waals surface area contributed by atoms with Crippen LogP contribution in [0.4, 0.5) is 5.69 Å². The average molecular weight is 439 g/mol. The normalized spacial score (nSPS) is 16.1. The largest absolute Gasteiger partial charge is 0.343 e. The second kappa shape index (κ2) is 9.59. The van der Waals surface area contributed by atoms with Crippen molar-refractivity contribution in [2.24, 2.45) is 0 Å². The lowest BCUT2D eigenvalue weighted by atomic mass is 9.89. The maximum absolute atomic E-state index is 12.2. The molecule has 2 amide bonds. The van der Waals surface area contributed by atoms with Crippen LogP contribution in [0.3, 0.4) is 0 Å². The third-order valence-electron chi connectivity index (χ3n) is 4.98. The fourth-order valence-electron chi connectivity index (χ4n) is 3.69. The highest BCUT2D eigenvalue weighted by molar-refractivity contribution is 6.35. The van der Waals surface area contributed by atoms with Crippen LogP contribution in [0.15, 0.2) is 22.7 Å². The van der Waals surface area contributed by atoms with Crippen molar-refractivity contribution in [1.29, 1.82) is 0 Å². The Morgan fingerprint density at radius 2 is 1.76 bits per heavy atom. The topological polar surface area (TPSA) is 97.1 Å². The number of aromatic nitrogens is 2. The summed E-state index contributed by atoms with van der Waals surface area (Å²) in [6, 6.07) is 4.84. The summed E-state index contributed by atoms with van der Waals surface area (Å²) in [5.41, 5.74) is -0.0639. The summed E-state index contributed by atoms with van der Waals surface area (Å²) in [4.78, 5) is 28.5. The highest BCUT2D eigenvalue weighted by Gasteiger charge is 2.38. The summed E-state index contributed by atoms with van der Waals surface area (Å²) >= 11 is 11.9. The molecule has 1 aliphatic carbocycles. The summed E-state index contributed by atoms with van der Waals surface area (Å²) in [6.07, 6.45) is 6.26. The molecule has 156 valence electrons. The van der Waals surface area contributed by atoms with Crippen molar-refractivity contribution in [3.8, 4) is 0 Å². The molecule has 0 spiro atoms. The number of carbonyl (C=O) groups is 2. The Kier molecular flexibility index (Phi) is 7.14. The van der Waals surface area contributed by atoms with Crippen molar-refractivity contribution in [2.45, 2.75) is 63.8 Å². The number of halogens is 2. The van der Waals surface area contributed by atoms with Gasteiger partial charge < -0.3 is 15.2 Å². The Balaban J connectivity index is 1.64. The van der Waals surface area contributed by atoms with Gasteiger partial charge in [-0.1, -0.05) is 54.0 Å². The predicted octanol–water partition coefficient (Wildman–Crippen LogP) is 4.63. The van der Waals surface area contributed by atoms with E-state index in [1.54, 1.807) is 18.2 Å². The highest BCUT2D eigenvalue weighted by Crippen LogP contribution is 2.34. The molecule has 0 unspecified atom stereocenters. The number of nitrogens with one attached hydrogen (secondary N) is 2. The summed E-state index contributed by atoms with van der Waals surface area (Å²) in [5, 5.41) is 10.8. The second-order valence-corrected chi connectivity index (χ2v) is 8.27. The van der Waals surface area contributed by atoms with Crippen molar-refractivity contribution in [1.82, 2.24) is 15.5 Å². The first kappa shape index (κ1) is 21.6. The molecule has 0 radical (unpaired) electrons. The van der Waals surface area contributed by atoms with Crippen LogP contribution in [0.1, 0.15) is 63.6 Å². The summed E-state index contributed by atoms with van der Waals surface area (Å²) in [7, 11) is 0. The van der Waals surface area contributed by atoms with Gasteiger partial charge in [-0.25, -0.2) is 0 Å². The standard InChI is InChI=1S/C20H24Cl2N4O3/c1-13(27)25-20(8-4-2-3-5-9-20)19-24-18(29-26-19)7-6-17(28)23-16-11-14(21)10-15(22)12-16/h10-12H,2-9H2,1H3,(H,23,28)(H,25,27). The third-order valence-corrected chi connectivity index (χ3v) is 5.42. The molecule has 1 aromatic carbocycles. The number of hydrogen-bond acceptors (Lipinski definition) is 5. The van der Waals surface area contributed by atoms with E-state index in [0.29, 0.717) is 33.9 Å². The SMILES string of the molecule is CC(=O)NC1(c2noc(CCC(=O)Nc3cc(Cl)cc(Cl)c3)n2)CCCCCC1. The number of nitrogens with zero attached hydrogens (tertiary/aromatic N) is 2. The van der Waals surface area contributed by atoms with Crippen LogP contribution in [0.5, 0.6) is 0 Å². The van der Waals surface area contributed by atoms with Gasteiger partial charge in [-0.05, 0) is 31.0 Å². The quantitative estimate of drug-likeness (QED) is 0.640. The zero-order valence-electron chi connectivity index (χ0n) is 16.3. The van der Waals surface area contributed by atoms with Crippen molar-refractivity contribution in [3.63, 3.8) is 0 Å². The van der Waals surface area contributed by atoms with E-state index in [-0.39, 0.29) is 18.2 Å². The number of amides is 2. The van der Waals surface area contributed by atoms with Crippen molar-refractivity contribution in [3.05, 3.63) is 40.0 Å². The van der Waals surface area contributed by atoms with Crippen LogP contribution < -0.4 is 10.6 Å². The van der Waals surface area contributed by atoms with E-state index in [9.17, 15) is 9.59 Å². The first-order chi connectivity index (χ1) is 13.9. The Hall–Kier alpha value is -2.12. The number of anilines is 1. The molecule has 1 saturated carbocycles. The summed E-state index contributed by atoms with van der Waals surface area (Å²) < 4.78 is 5.37. The molecule has 0 aliphatic heterocycles. The van der Waals surface area contributed by atoms with Gasteiger partial charge in [0, 0.05) is 35.5 Å². The molecule has 1 heterocycles. The van der Waals surface area contributed by atoms with E-state index >= 15 is 0 Å².